The number of sulfonamides is 1. The lowest BCUT2D eigenvalue weighted by atomic mass is 10.2. The number of pyridine rings is 1. The third kappa shape index (κ3) is 5.62. The van der Waals surface area contributed by atoms with Crippen LogP contribution in [0.15, 0.2) is 52.5 Å². The molecule has 0 spiro atoms. The summed E-state index contributed by atoms with van der Waals surface area (Å²) in [5.74, 6) is -1.18. The van der Waals surface area contributed by atoms with Gasteiger partial charge in [0.1, 0.15) is 5.03 Å². The molecular formula is C20H23N3O6S2. The van der Waals surface area contributed by atoms with Crippen LogP contribution in [0.4, 0.5) is 5.69 Å². The Hall–Kier alpha value is -2.47. The number of benzene rings is 1. The molecule has 1 fully saturated rings. The van der Waals surface area contributed by atoms with E-state index in [-0.39, 0.29) is 10.5 Å². The normalized spacial score (nSPS) is 15.8. The highest BCUT2D eigenvalue weighted by Crippen LogP contribution is 2.21. The first-order valence-corrected chi connectivity index (χ1v) is 12.2. The summed E-state index contributed by atoms with van der Waals surface area (Å²) in [5.41, 5.74) is 0.673. The molecule has 1 aliphatic heterocycles. The Morgan fingerprint density at radius 3 is 2.52 bits per heavy atom. The molecule has 1 unspecified atom stereocenters. The number of aromatic nitrogens is 1. The molecular weight excluding hydrogens is 442 g/mol. The zero-order chi connectivity index (χ0) is 22.4. The first kappa shape index (κ1) is 23.2. The van der Waals surface area contributed by atoms with Gasteiger partial charge in [0.2, 0.25) is 10.0 Å². The van der Waals surface area contributed by atoms with Gasteiger partial charge in [0.15, 0.2) is 6.10 Å². The van der Waals surface area contributed by atoms with Crippen molar-refractivity contribution in [3.8, 4) is 0 Å². The second kappa shape index (κ2) is 10.2. The first-order chi connectivity index (χ1) is 14.8. The highest BCUT2D eigenvalue weighted by molar-refractivity contribution is 7.98. The summed E-state index contributed by atoms with van der Waals surface area (Å²) in [4.78, 5) is 29.0. The van der Waals surface area contributed by atoms with Gasteiger partial charge in [-0.3, -0.25) is 4.79 Å². The van der Waals surface area contributed by atoms with Crippen molar-refractivity contribution >= 4 is 39.3 Å². The van der Waals surface area contributed by atoms with Crippen LogP contribution in [-0.2, 0) is 24.3 Å². The largest absolute Gasteiger partial charge is 0.449 e. The molecule has 9 nitrogen and oxygen atoms in total. The number of morpholine rings is 1. The first-order valence-electron chi connectivity index (χ1n) is 9.51. The fraction of sp³-hybridized carbons (Fsp3) is 0.350. The predicted molar refractivity (Wildman–Crippen MR) is 116 cm³/mol. The molecule has 166 valence electrons. The summed E-state index contributed by atoms with van der Waals surface area (Å²) < 4.78 is 37.1. The molecule has 1 atom stereocenters. The molecule has 1 saturated heterocycles. The van der Waals surface area contributed by atoms with Crippen molar-refractivity contribution in [2.24, 2.45) is 0 Å². The quantitative estimate of drug-likeness (QED) is 0.488. The Bertz CT molecular complexity index is 1040. The monoisotopic (exact) mass is 465 g/mol. The SMILES string of the molecule is CSc1ncccc1C(=O)OC(C)C(=O)Nc1ccc(S(=O)(=O)N2CCOCC2)cc1. The van der Waals surface area contributed by atoms with Gasteiger partial charge in [-0.05, 0) is 49.6 Å². The summed E-state index contributed by atoms with van der Waals surface area (Å²) in [6, 6.07) is 9.04. The molecule has 0 saturated carbocycles. The number of nitrogens with one attached hydrogen (secondary N) is 1. The van der Waals surface area contributed by atoms with Gasteiger partial charge < -0.3 is 14.8 Å². The lowest BCUT2D eigenvalue weighted by molar-refractivity contribution is -0.123. The molecule has 2 heterocycles. The highest BCUT2D eigenvalue weighted by Gasteiger charge is 2.26. The van der Waals surface area contributed by atoms with Crippen LogP contribution in [0, 0.1) is 0 Å². The van der Waals surface area contributed by atoms with Crippen molar-refractivity contribution in [1.29, 1.82) is 0 Å². The summed E-state index contributed by atoms with van der Waals surface area (Å²) in [6.45, 7) is 2.79. The highest BCUT2D eigenvalue weighted by atomic mass is 32.2. The van der Waals surface area contributed by atoms with Crippen LogP contribution in [0.25, 0.3) is 0 Å². The van der Waals surface area contributed by atoms with E-state index < -0.39 is 28.0 Å². The van der Waals surface area contributed by atoms with Gasteiger partial charge >= 0.3 is 5.97 Å². The minimum atomic E-state index is -3.61. The van der Waals surface area contributed by atoms with Gasteiger partial charge in [-0.2, -0.15) is 4.31 Å². The van der Waals surface area contributed by atoms with Crippen molar-refractivity contribution in [3.63, 3.8) is 0 Å². The van der Waals surface area contributed by atoms with Gasteiger partial charge in [0.25, 0.3) is 5.91 Å². The molecule has 3 rings (SSSR count). The number of thioether (sulfide) groups is 1. The molecule has 11 heteroatoms. The number of hydrogen-bond acceptors (Lipinski definition) is 8. The summed E-state index contributed by atoms with van der Waals surface area (Å²) >= 11 is 1.30. The van der Waals surface area contributed by atoms with Crippen molar-refractivity contribution in [3.05, 3.63) is 48.2 Å². The van der Waals surface area contributed by atoms with Gasteiger partial charge in [-0.25, -0.2) is 18.2 Å². The second-order valence-electron chi connectivity index (χ2n) is 6.64. The molecule has 31 heavy (non-hydrogen) atoms. The zero-order valence-electron chi connectivity index (χ0n) is 17.1. The number of anilines is 1. The number of rotatable bonds is 7. The minimum absolute atomic E-state index is 0.132. The summed E-state index contributed by atoms with van der Waals surface area (Å²) in [6.07, 6.45) is 2.30. The summed E-state index contributed by atoms with van der Waals surface area (Å²) in [5, 5.41) is 3.13. The number of hydrogen-bond donors (Lipinski definition) is 1. The smallest absolute Gasteiger partial charge is 0.341 e. The van der Waals surface area contributed by atoms with Crippen LogP contribution < -0.4 is 5.32 Å². The van der Waals surface area contributed by atoms with E-state index in [1.807, 2.05) is 0 Å². The lowest BCUT2D eigenvalue weighted by Gasteiger charge is -2.26. The number of esters is 1. The fourth-order valence-corrected chi connectivity index (χ4v) is 4.82. The van der Waals surface area contributed by atoms with E-state index in [2.05, 4.69) is 10.3 Å². The molecule has 0 radical (unpaired) electrons. The van der Waals surface area contributed by atoms with Gasteiger partial charge in [-0.15, -0.1) is 11.8 Å². The van der Waals surface area contributed by atoms with Crippen LogP contribution in [0.2, 0.25) is 0 Å². The maximum absolute atomic E-state index is 12.7. The average molecular weight is 466 g/mol. The van der Waals surface area contributed by atoms with Crippen LogP contribution in [0.3, 0.4) is 0 Å². The Morgan fingerprint density at radius 2 is 1.87 bits per heavy atom. The second-order valence-corrected chi connectivity index (χ2v) is 9.37. The molecule has 2 aromatic rings. The maximum Gasteiger partial charge on any atom is 0.341 e. The number of nitrogens with zero attached hydrogens (tertiary/aromatic N) is 2. The topological polar surface area (TPSA) is 115 Å². The van der Waals surface area contributed by atoms with E-state index >= 15 is 0 Å². The van der Waals surface area contributed by atoms with Gasteiger partial charge in [0.05, 0.1) is 23.7 Å². The number of carbonyl (C=O) groups is 2. The van der Waals surface area contributed by atoms with Crippen molar-refractivity contribution in [2.45, 2.75) is 22.9 Å². The van der Waals surface area contributed by atoms with Crippen molar-refractivity contribution in [2.75, 3.05) is 37.9 Å². The van der Waals surface area contributed by atoms with E-state index in [0.717, 1.165) is 0 Å². The van der Waals surface area contributed by atoms with E-state index in [1.165, 1.54) is 47.3 Å². The molecule has 1 amide bonds. The molecule has 0 bridgehead atoms. The standard InChI is InChI=1S/C20H23N3O6S2/c1-14(29-20(25)17-4-3-9-21-19(17)30-2)18(24)22-15-5-7-16(8-6-15)31(26,27)23-10-12-28-13-11-23/h3-9,14H,10-13H2,1-2H3,(H,22,24). The third-order valence-corrected chi connectivity index (χ3v) is 7.19. The van der Waals surface area contributed by atoms with Crippen LogP contribution in [0.5, 0.6) is 0 Å². The van der Waals surface area contributed by atoms with Gasteiger partial charge in [0, 0.05) is 25.0 Å². The molecule has 1 aromatic heterocycles. The Morgan fingerprint density at radius 1 is 1.19 bits per heavy atom. The third-order valence-electron chi connectivity index (χ3n) is 4.57. The maximum atomic E-state index is 12.7. The fourth-order valence-electron chi connectivity index (χ4n) is 2.88. The Labute approximate surface area is 185 Å². The summed E-state index contributed by atoms with van der Waals surface area (Å²) in [7, 11) is -3.61. The number of amides is 1. The zero-order valence-corrected chi connectivity index (χ0v) is 18.7. The van der Waals surface area contributed by atoms with E-state index in [4.69, 9.17) is 9.47 Å². The lowest BCUT2D eigenvalue weighted by Crippen LogP contribution is -2.40. The minimum Gasteiger partial charge on any atom is -0.449 e. The van der Waals surface area contributed by atoms with Crippen LogP contribution >= 0.6 is 11.8 Å². The number of ether oxygens (including phenoxy) is 2. The molecule has 1 aliphatic rings. The van der Waals surface area contributed by atoms with Crippen molar-refractivity contribution < 1.29 is 27.5 Å². The van der Waals surface area contributed by atoms with E-state index in [9.17, 15) is 18.0 Å². The van der Waals surface area contributed by atoms with Gasteiger partial charge in [-0.1, -0.05) is 0 Å². The average Bonchev–Trinajstić information content (AvgIpc) is 2.79. The number of carbonyl (C=O) groups excluding carboxylic acids is 2. The van der Waals surface area contributed by atoms with Crippen LogP contribution in [0.1, 0.15) is 17.3 Å². The van der Waals surface area contributed by atoms with E-state index in [0.29, 0.717) is 37.0 Å². The van der Waals surface area contributed by atoms with E-state index in [1.54, 1.807) is 24.6 Å². The molecule has 1 aromatic carbocycles. The molecule has 0 aliphatic carbocycles. The van der Waals surface area contributed by atoms with Crippen LogP contribution in [-0.4, -0.2) is 68.2 Å². The van der Waals surface area contributed by atoms with Crippen molar-refractivity contribution in [1.82, 2.24) is 9.29 Å². The predicted octanol–water partition coefficient (Wildman–Crippen LogP) is 2.01. The Balaban J connectivity index is 1.61. The Kier molecular flexibility index (Phi) is 7.65. The molecule has 1 N–H and O–H groups in total.